The summed E-state index contributed by atoms with van der Waals surface area (Å²) in [7, 11) is 0. The van der Waals surface area contributed by atoms with Crippen LogP contribution in [0.25, 0.3) is 0 Å². The predicted molar refractivity (Wildman–Crippen MR) is 89.4 cm³/mol. The molecule has 4 nitrogen and oxygen atoms in total. The van der Waals surface area contributed by atoms with Crippen molar-refractivity contribution in [2.75, 3.05) is 16.8 Å². The lowest BCUT2D eigenvalue weighted by Crippen LogP contribution is -2.28. The lowest BCUT2D eigenvalue weighted by molar-refractivity contribution is 0.726. The summed E-state index contributed by atoms with van der Waals surface area (Å²) in [5.74, 6) is 2.44. The van der Waals surface area contributed by atoms with E-state index in [-0.39, 0.29) is 0 Å². The van der Waals surface area contributed by atoms with Crippen LogP contribution in [0, 0.1) is 6.92 Å². The summed E-state index contributed by atoms with van der Waals surface area (Å²) < 4.78 is 0. The minimum absolute atomic E-state index is 0.338. The van der Waals surface area contributed by atoms with E-state index in [9.17, 15) is 0 Å². The smallest absolute Gasteiger partial charge is 0.225 e. The number of benzene rings is 1. The molecule has 2 bridgehead atoms. The molecule has 4 rings (SSSR count). The largest absolute Gasteiger partial charge is 0.352 e. The number of nitrogens with zero attached hydrogens (tertiary/aromatic N) is 3. The van der Waals surface area contributed by atoms with Crippen molar-refractivity contribution in [2.45, 2.75) is 45.2 Å². The number of hydrogen-bond acceptors (Lipinski definition) is 4. The molecule has 1 fully saturated rings. The second-order valence-corrected chi connectivity index (χ2v) is 6.72. The average molecular weight is 294 g/mol. The Morgan fingerprint density at radius 2 is 1.95 bits per heavy atom. The molecule has 2 heterocycles. The van der Waals surface area contributed by atoms with Gasteiger partial charge in [-0.2, -0.15) is 4.98 Å². The number of nitrogens with one attached hydrogen (secondary N) is 1. The molecule has 114 valence electrons. The molecule has 2 aromatic rings. The Balaban J connectivity index is 1.68. The molecule has 4 heteroatoms. The van der Waals surface area contributed by atoms with E-state index in [4.69, 9.17) is 4.98 Å². The summed E-state index contributed by atoms with van der Waals surface area (Å²) in [5.41, 5.74) is 4.03. The molecule has 1 N–H and O–H groups in total. The SMILES string of the molecule is Cc1cc(N2C[C@H]3C[C@H]2c2ccccc23)nc(NC(C)C)n1. The van der Waals surface area contributed by atoms with E-state index in [0.29, 0.717) is 18.0 Å². The predicted octanol–water partition coefficient (Wildman–Crippen LogP) is 3.65. The molecular weight excluding hydrogens is 272 g/mol. The van der Waals surface area contributed by atoms with Gasteiger partial charge in [0.2, 0.25) is 5.95 Å². The van der Waals surface area contributed by atoms with Gasteiger partial charge >= 0.3 is 0 Å². The molecule has 0 spiro atoms. The quantitative estimate of drug-likeness (QED) is 0.938. The highest BCUT2D eigenvalue weighted by atomic mass is 15.3. The van der Waals surface area contributed by atoms with Crippen LogP contribution < -0.4 is 10.2 Å². The van der Waals surface area contributed by atoms with Gasteiger partial charge in [0.05, 0.1) is 6.04 Å². The van der Waals surface area contributed by atoms with E-state index in [1.807, 2.05) is 6.92 Å². The van der Waals surface area contributed by atoms with Gasteiger partial charge in [0.15, 0.2) is 0 Å². The van der Waals surface area contributed by atoms with E-state index < -0.39 is 0 Å². The van der Waals surface area contributed by atoms with Crippen LogP contribution in [0.5, 0.6) is 0 Å². The highest BCUT2D eigenvalue weighted by Crippen LogP contribution is 2.51. The maximum atomic E-state index is 4.75. The maximum Gasteiger partial charge on any atom is 0.225 e. The molecule has 0 radical (unpaired) electrons. The Hall–Kier alpha value is -2.10. The number of anilines is 2. The summed E-state index contributed by atoms with van der Waals surface area (Å²) in [6.45, 7) is 7.33. The van der Waals surface area contributed by atoms with Gasteiger partial charge in [-0.25, -0.2) is 4.98 Å². The van der Waals surface area contributed by atoms with Crippen LogP contribution in [0.1, 0.15) is 49.0 Å². The second-order valence-electron chi connectivity index (χ2n) is 6.72. The van der Waals surface area contributed by atoms with Crippen molar-refractivity contribution in [1.82, 2.24) is 9.97 Å². The topological polar surface area (TPSA) is 41.1 Å². The van der Waals surface area contributed by atoms with Crippen molar-refractivity contribution in [1.29, 1.82) is 0 Å². The summed E-state index contributed by atoms with van der Waals surface area (Å²) in [6, 6.07) is 11.8. The van der Waals surface area contributed by atoms with Crippen LogP contribution in [0.15, 0.2) is 30.3 Å². The highest BCUT2D eigenvalue weighted by molar-refractivity contribution is 5.55. The van der Waals surface area contributed by atoms with Gasteiger partial charge in [-0.3, -0.25) is 0 Å². The third-order valence-corrected chi connectivity index (χ3v) is 4.65. The van der Waals surface area contributed by atoms with Gasteiger partial charge in [-0.1, -0.05) is 24.3 Å². The standard InChI is InChI=1S/C18H22N4/c1-11(2)19-18-20-12(3)8-17(21-18)22-10-13-9-16(22)15-7-5-4-6-14(13)15/h4-8,11,13,16H,9-10H2,1-3H3,(H,19,20,21)/t13-,16+/m1/s1. The molecule has 2 aliphatic rings. The monoisotopic (exact) mass is 294 g/mol. The van der Waals surface area contributed by atoms with E-state index >= 15 is 0 Å². The average Bonchev–Trinajstić information content (AvgIpc) is 3.05. The third kappa shape index (κ3) is 2.14. The summed E-state index contributed by atoms with van der Waals surface area (Å²) in [4.78, 5) is 11.7. The van der Waals surface area contributed by atoms with E-state index in [2.05, 4.69) is 59.4 Å². The Morgan fingerprint density at radius 3 is 2.73 bits per heavy atom. The fraction of sp³-hybridized carbons (Fsp3) is 0.444. The first-order valence-electron chi connectivity index (χ1n) is 8.09. The summed E-state index contributed by atoms with van der Waals surface area (Å²) in [5, 5.41) is 3.32. The number of hydrogen-bond donors (Lipinski definition) is 1. The molecule has 0 amide bonds. The molecule has 1 aromatic carbocycles. The number of aromatic nitrogens is 2. The molecule has 0 unspecified atom stereocenters. The van der Waals surface area contributed by atoms with Crippen molar-refractivity contribution in [3.05, 3.63) is 47.2 Å². The van der Waals surface area contributed by atoms with Crippen LogP contribution in [-0.4, -0.2) is 22.6 Å². The fourth-order valence-corrected chi connectivity index (χ4v) is 3.82. The Morgan fingerprint density at radius 1 is 1.18 bits per heavy atom. The lowest BCUT2D eigenvalue weighted by atomic mass is 9.99. The van der Waals surface area contributed by atoms with Gasteiger partial charge in [-0.05, 0) is 38.3 Å². The molecule has 0 saturated carbocycles. The van der Waals surface area contributed by atoms with Crippen molar-refractivity contribution >= 4 is 11.8 Å². The molecule has 1 aliphatic heterocycles. The van der Waals surface area contributed by atoms with Gasteiger partial charge < -0.3 is 10.2 Å². The fourth-order valence-electron chi connectivity index (χ4n) is 3.82. The Labute approximate surface area is 131 Å². The molecule has 1 aliphatic carbocycles. The van der Waals surface area contributed by atoms with Crippen LogP contribution in [0.4, 0.5) is 11.8 Å². The summed E-state index contributed by atoms with van der Waals surface area (Å²) in [6.07, 6.45) is 1.22. The zero-order chi connectivity index (χ0) is 15.3. The number of rotatable bonds is 3. The van der Waals surface area contributed by atoms with Gasteiger partial charge in [-0.15, -0.1) is 0 Å². The Bertz CT molecular complexity index is 710. The first-order chi connectivity index (χ1) is 10.6. The van der Waals surface area contributed by atoms with E-state index in [1.165, 1.54) is 17.5 Å². The number of aryl methyl sites for hydroxylation is 1. The minimum atomic E-state index is 0.338. The van der Waals surface area contributed by atoms with Crippen molar-refractivity contribution in [2.24, 2.45) is 0 Å². The second kappa shape index (κ2) is 4.97. The number of fused-ring (bicyclic) bond motifs is 5. The van der Waals surface area contributed by atoms with E-state index in [0.717, 1.165) is 24.0 Å². The first-order valence-corrected chi connectivity index (χ1v) is 8.09. The maximum absolute atomic E-state index is 4.75. The van der Waals surface area contributed by atoms with Crippen molar-refractivity contribution in [3.8, 4) is 0 Å². The third-order valence-electron chi connectivity index (χ3n) is 4.65. The lowest BCUT2D eigenvalue weighted by Gasteiger charge is -2.30. The summed E-state index contributed by atoms with van der Waals surface area (Å²) >= 11 is 0. The molecule has 1 saturated heterocycles. The van der Waals surface area contributed by atoms with Gasteiger partial charge in [0.25, 0.3) is 0 Å². The molecule has 22 heavy (non-hydrogen) atoms. The highest BCUT2D eigenvalue weighted by Gasteiger charge is 2.42. The normalized spacial score (nSPS) is 22.3. The van der Waals surface area contributed by atoms with Gasteiger partial charge in [0.1, 0.15) is 5.82 Å². The zero-order valence-corrected chi connectivity index (χ0v) is 13.4. The zero-order valence-electron chi connectivity index (χ0n) is 13.4. The van der Waals surface area contributed by atoms with Gasteiger partial charge in [0, 0.05) is 30.3 Å². The Kier molecular flexibility index (Phi) is 3.06. The van der Waals surface area contributed by atoms with Crippen LogP contribution in [0.2, 0.25) is 0 Å². The minimum Gasteiger partial charge on any atom is -0.352 e. The molecule has 2 atom stereocenters. The van der Waals surface area contributed by atoms with Crippen molar-refractivity contribution < 1.29 is 0 Å². The van der Waals surface area contributed by atoms with Crippen LogP contribution >= 0.6 is 0 Å². The molecule has 1 aromatic heterocycles. The first kappa shape index (κ1) is 13.6. The van der Waals surface area contributed by atoms with Crippen molar-refractivity contribution in [3.63, 3.8) is 0 Å². The van der Waals surface area contributed by atoms with Crippen LogP contribution in [-0.2, 0) is 0 Å². The van der Waals surface area contributed by atoms with E-state index in [1.54, 1.807) is 0 Å². The van der Waals surface area contributed by atoms with Crippen LogP contribution in [0.3, 0.4) is 0 Å². The molecular formula is C18H22N4.